The highest BCUT2D eigenvalue weighted by molar-refractivity contribution is 7.84. The lowest BCUT2D eigenvalue weighted by molar-refractivity contribution is -0.317. The standard InChI is InChI=1S/C27H38O18S/c1-11(28)36-9-18-20(38-12(2)29)22(40-14(4)31)24(42-16(6)33)26(44-18)37-10-19-21(39-13(3)30)23(41-15(5)32)25(43-17(7)34)27(45-19)46(8)35/h18-27H,9-10H2,1-8H3/t18-,19-,20-,21-,22+,23+,24-,25-,26-,27+,46?/m1/s1. The molecule has 19 heteroatoms. The fourth-order valence-electron chi connectivity index (χ4n) is 4.77. The van der Waals surface area contributed by atoms with Crippen LogP contribution in [0.3, 0.4) is 0 Å². The Bertz CT molecular complexity index is 1190. The van der Waals surface area contributed by atoms with Gasteiger partial charge in [0.05, 0.1) is 17.4 Å². The average molecular weight is 683 g/mol. The van der Waals surface area contributed by atoms with Crippen molar-refractivity contribution in [2.75, 3.05) is 19.5 Å². The Morgan fingerprint density at radius 3 is 1.28 bits per heavy atom. The van der Waals surface area contributed by atoms with Crippen LogP contribution in [0.2, 0.25) is 0 Å². The first-order valence-corrected chi connectivity index (χ1v) is 15.4. The Kier molecular flexibility index (Phi) is 14.5. The Morgan fingerprint density at radius 2 is 0.870 bits per heavy atom. The predicted molar refractivity (Wildman–Crippen MR) is 147 cm³/mol. The topological polar surface area (TPSA) is 229 Å². The molecule has 0 N–H and O–H groups in total. The van der Waals surface area contributed by atoms with E-state index in [4.69, 9.17) is 47.4 Å². The van der Waals surface area contributed by atoms with Crippen LogP contribution < -0.4 is 0 Å². The van der Waals surface area contributed by atoms with E-state index in [0.29, 0.717) is 0 Å². The lowest BCUT2D eigenvalue weighted by atomic mass is 9.97. The monoisotopic (exact) mass is 682 g/mol. The Balaban J connectivity index is 2.55. The number of carbonyl (C=O) groups is 7. The number of hydrogen-bond acceptors (Lipinski definition) is 18. The Morgan fingerprint density at radius 1 is 0.500 bits per heavy atom. The highest BCUT2D eigenvalue weighted by atomic mass is 32.2. The molecule has 260 valence electrons. The van der Waals surface area contributed by atoms with E-state index >= 15 is 0 Å². The summed E-state index contributed by atoms with van der Waals surface area (Å²) in [5.74, 6) is -5.88. The highest BCUT2D eigenvalue weighted by Crippen LogP contribution is 2.33. The lowest BCUT2D eigenvalue weighted by Crippen LogP contribution is -2.65. The summed E-state index contributed by atoms with van der Waals surface area (Å²) < 4.78 is 67.5. The minimum Gasteiger partial charge on any atom is -0.463 e. The first-order valence-electron chi connectivity index (χ1n) is 13.8. The quantitative estimate of drug-likeness (QED) is 0.177. The van der Waals surface area contributed by atoms with Gasteiger partial charge in [0, 0.05) is 54.7 Å². The van der Waals surface area contributed by atoms with Gasteiger partial charge in [0.2, 0.25) is 0 Å². The summed E-state index contributed by atoms with van der Waals surface area (Å²) >= 11 is 0. The molecule has 2 saturated heterocycles. The zero-order valence-corrected chi connectivity index (χ0v) is 27.3. The summed E-state index contributed by atoms with van der Waals surface area (Å²) in [6.07, 6.45) is -12.2. The maximum absolute atomic E-state index is 12.7. The van der Waals surface area contributed by atoms with Crippen LogP contribution in [-0.4, -0.2) is 126 Å². The number of hydrogen-bond donors (Lipinski definition) is 0. The molecule has 2 fully saturated rings. The predicted octanol–water partition coefficient (Wildman–Crippen LogP) is -1.02. The van der Waals surface area contributed by atoms with E-state index < -0.39 is 126 Å². The van der Waals surface area contributed by atoms with E-state index in [1.807, 2.05) is 0 Å². The van der Waals surface area contributed by atoms with Gasteiger partial charge in [-0.05, 0) is 0 Å². The third-order valence-corrected chi connectivity index (χ3v) is 7.23. The Hall–Kier alpha value is -3.68. The van der Waals surface area contributed by atoms with Crippen molar-refractivity contribution in [3.63, 3.8) is 0 Å². The van der Waals surface area contributed by atoms with Crippen LogP contribution in [0.25, 0.3) is 0 Å². The third-order valence-electron chi connectivity index (χ3n) is 6.20. The fourth-order valence-corrected chi connectivity index (χ4v) is 5.66. The second-order valence-electron chi connectivity index (χ2n) is 10.2. The van der Waals surface area contributed by atoms with Crippen molar-refractivity contribution < 1.29 is 85.1 Å². The molecule has 0 aromatic heterocycles. The molecule has 0 aromatic rings. The van der Waals surface area contributed by atoms with Crippen molar-refractivity contribution in [1.29, 1.82) is 0 Å². The van der Waals surface area contributed by atoms with Gasteiger partial charge in [-0.25, -0.2) is 0 Å². The van der Waals surface area contributed by atoms with Crippen molar-refractivity contribution in [3.8, 4) is 0 Å². The van der Waals surface area contributed by atoms with Crippen LogP contribution in [0.1, 0.15) is 48.5 Å². The molecule has 2 aliphatic rings. The van der Waals surface area contributed by atoms with Crippen LogP contribution in [0, 0.1) is 0 Å². The van der Waals surface area contributed by atoms with Gasteiger partial charge in [-0.2, -0.15) is 0 Å². The van der Waals surface area contributed by atoms with Crippen molar-refractivity contribution in [3.05, 3.63) is 0 Å². The fraction of sp³-hybridized carbons (Fsp3) is 0.741. The minimum atomic E-state index is -1.88. The Labute approximate surface area is 266 Å². The first kappa shape index (κ1) is 38.5. The van der Waals surface area contributed by atoms with Crippen molar-refractivity contribution in [2.24, 2.45) is 0 Å². The molecule has 1 unspecified atom stereocenters. The molecule has 0 radical (unpaired) electrons. The molecule has 2 aliphatic heterocycles. The van der Waals surface area contributed by atoms with E-state index in [1.165, 1.54) is 6.26 Å². The molecule has 0 spiro atoms. The van der Waals surface area contributed by atoms with Crippen LogP contribution >= 0.6 is 0 Å². The second-order valence-corrected chi connectivity index (χ2v) is 11.6. The first-order chi connectivity index (χ1) is 21.4. The van der Waals surface area contributed by atoms with Gasteiger partial charge in [0.15, 0.2) is 48.3 Å². The van der Waals surface area contributed by atoms with E-state index in [-0.39, 0.29) is 0 Å². The molecule has 0 amide bonds. The summed E-state index contributed by atoms with van der Waals surface area (Å²) in [6.45, 7) is 6.25. The second kappa shape index (κ2) is 17.3. The molecule has 11 atom stereocenters. The third kappa shape index (κ3) is 11.3. The van der Waals surface area contributed by atoms with Crippen molar-refractivity contribution in [2.45, 2.75) is 109 Å². The number of ether oxygens (including phenoxy) is 10. The summed E-state index contributed by atoms with van der Waals surface area (Å²) in [7, 11) is -1.88. The van der Waals surface area contributed by atoms with Crippen molar-refractivity contribution >= 4 is 52.6 Å². The molecule has 2 heterocycles. The average Bonchev–Trinajstić information content (AvgIpc) is 2.89. The van der Waals surface area contributed by atoms with Crippen LogP contribution in [0.15, 0.2) is 0 Å². The van der Waals surface area contributed by atoms with Gasteiger partial charge in [-0.1, -0.05) is 0 Å². The van der Waals surface area contributed by atoms with E-state index in [9.17, 15) is 37.8 Å². The lowest BCUT2D eigenvalue weighted by Gasteiger charge is -2.46. The SMILES string of the molecule is CC(=O)OC[C@H]1O[C@@H](OC[C@H]2O[C@@H](S(C)=O)[C@H](OC(C)=O)[C@@H](OC(C)=O)[C@@H]2OC(C)=O)[C@H](OC(C)=O)[C@@H](OC(C)=O)[C@@H]1OC(C)=O. The summed E-state index contributed by atoms with van der Waals surface area (Å²) in [5, 5.41) is 0. The molecule has 0 aliphatic carbocycles. The maximum atomic E-state index is 12.7. The van der Waals surface area contributed by atoms with E-state index in [1.54, 1.807) is 0 Å². The van der Waals surface area contributed by atoms with E-state index in [0.717, 1.165) is 48.5 Å². The molecule has 0 bridgehead atoms. The molecule has 46 heavy (non-hydrogen) atoms. The van der Waals surface area contributed by atoms with Gasteiger partial charge in [0.25, 0.3) is 0 Å². The molecule has 18 nitrogen and oxygen atoms in total. The van der Waals surface area contributed by atoms with Gasteiger partial charge >= 0.3 is 41.8 Å². The maximum Gasteiger partial charge on any atom is 0.303 e. The molecular formula is C27H38O18S. The van der Waals surface area contributed by atoms with Gasteiger partial charge in [-0.3, -0.25) is 37.8 Å². The summed E-state index contributed by atoms with van der Waals surface area (Å²) in [6, 6.07) is 0. The molecule has 0 saturated carbocycles. The van der Waals surface area contributed by atoms with Gasteiger partial charge < -0.3 is 47.4 Å². The molecular weight excluding hydrogens is 644 g/mol. The van der Waals surface area contributed by atoms with E-state index in [2.05, 4.69) is 0 Å². The van der Waals surface area contributed by atoms with Gasteiger partial charge in [0.1, 0.15) is 18.8 Å². The van der Waals surface area contributed by atoms with Gasteiger partial charge in [-0.15, -0.1) is 0 Å². The smallest absolute Gasteiger partial charge is 0.303 e. The van der Waals surface area contributed by atoms with Crippen LogP contribution in [-0.2, 0) is 91.7 Å². The largest absolute Gasteiger partial charge is 0.463 e. The zero-order valence-electron chi connectivity index (χ0n) is 26.4. The van der Waals surface area contributed by atoms with Crippen molar-refractivity contribution in [1.82, 2.24) is 0 Å². The molecule has 2 rings (SSSR count). The van der Waals surface area contributed by atoms with Crippen LogP contribution in [0.5, 0.6) is 0 Å². The normalized spacial score (nSPS) is 31.3. The highest BCUT2D eigenvalue weighted by Gasteiger charge is 2.56. The summed E-state index contributed by atoms with van der Waals surface area (Å²) in [4.78, 5) is 83.8. The number of esters is 7. The summed E-state index contributed by atoms with van der Waals surface area (Å²) in [5.41, 5.74) is -1.41. The number of carbonyl (C=O) groups excluding carboxylic acids is 7. The minimum absolute atomic E-state index is 0.525. The zero-order chi connectivity index (χ0) is 34.9. The molecule has 0 aromatic carbocycles. The number of rotatable bonds is 12. The van der Waals surface area contributed by atoms with Crippen LogP contribution in [0.4, 0.5) is 0 Å².